The first-order valence-corrected chi connectivity index (χ1v) is 13.1. The zero-order chi connectivity index (χ0) is 25.5. The quantitative estimate of drug-likeness (QED) is 0.330. The van der Waals surface area contributed by atoms with Crippen LogP contribution in [0.15, 0.2) is 57.4 Å². The summed E-state index contributed by atoms with van der Waals surface area (Å²) in [5.74, 6) is -1.38. The first-order chi connectivity index (χ1) is 16.3. The average Bonchev–Trinajstić information content (AvgIpc) is 3.07. The molecule has 3 N–H and O–H groups in total. The number of carbonyl (C=O) groups excluding carboxylic acids is 2. The summed E-state index contributed by atoms with van der Waals surface area (Å²) in [6.45, 7) is 11.2. The minimum absolute atomic E-state index is 0.210. The Kier molecular flexibility index (Phi) is 14.6. The molecule has 1 rings (SSSR count). The van der Waals surface area contributed by atoms with Gasteiger partial charge in [-0.15, -0.1) is 11.8 Å². The zero-order valence-corrected chi connectivity index (χ0v) is 22.2. The number of rotatable bonds is 14. The molecule has 0 saturated heterocycles. The van der Waals surface area contributed by atoms with E-state index in [1.807, 2.05) is 26.8 Å². The van der Waals surface area contributed by atoms with Gasteiger partial charge in [-0.05, 0) is 56.9 Å². The number of nitrogens with one attached hydrogen (secondary N) is 1. The molecule has 2 atom stereocenters. The zero-order valence-electron chi connectivity index (χ0n) is 21.3. The third-order valence-electron chi connectivity index (χ3n) is 5.55. The fraction of sp³-hybridized carbons (Fsp3) is 0.556. The summed E-state index contributed by atoms with van der Waals surface area (Å²) in [5, 5.41) is 25.2. The minimum Gasteiger partial charge on any atom is -0.380 e. The van der Waals surface area contributed by atoms with Gasteiger partial charge in [0.1, 0.15) is 0 Å². The molecule has 0 aromatic rings. The molecule has 0 saturated carbocycles. The first kappa shape index (κ1) is 29.9. The van der Waals surface area contributed by atoms with Gasteiger partial charge in [-0.2, -0.15) is 0 Å². The van der Waals surface area contributed by atoms with Gasteiger partial charge in [0.05, 0.1) is 0 Å². The minimum atomic E-state index is -1.81. The Bertz CT molecular complexity index is 820. The number of hydrogen-bond donors (Lipinski definition) is 3. The molecule has 0 aromatic heterocycles. The van der Waals surface area contributed by atoms with Crippen LogP contribution >= 0.6 is 11.8 Å². The molecule has 0 heterocycles. The molecule has 0 aromatic carbocycles. The smallest absolute Gasteiger partial charge is 0.254 e. The highest BCUT2D eigenvalue weighted by molar-refractivity contribution is 8.05. The monoisotopic (exact) mass is 490 g/mol. The van der Waals surface area contributed by atoms with Gasteiger partial charge in [0.2, 0.25) is 0 Å². The summed E-state index contributed by atoms with van der Waals surface area (Å²) in [4.78, 5) is 27.2. The summed E-state index contributed by atoms with van der Waals surface area (Å²) in [6.07, 6.45) is 11.2. The van der Waals surface area contributed by atoms with Gasteiger partial charge in [-0.25, -0.2) is 0 Å². The standard InChI is InChI=1S/C27H42N2O4S/c1-6-15-29(16-7-2)27(33)25(31)24(30)26(32)28-18-23(9-4)34-19-20(5)17-22-14-12-10-11-13-21(22)8-3/h9-12,14,19,24-25,30-31H,6-8,13,15-18H2,1-5H3,(H,28,32)/b20-19+,23-9-. The van der Waals surface area contributed by atoms with E-state index in [2.05, 4.69) is 48.9 Å². The molecule has 6 nitrogen and oxygen atoms in total. The molecule has 0 radical (unpaired) electrons. The molecular formula is C27H42N2O4S. The largest absolute Gasteiger partial charge is 0.380 e. The Morgan fingerprint density at radius 2 is 1.82 bits per heavy atom. The highest BCUT2D eigenvalue weighted by atomic mass is 32.2. The van der Waals surface area contributed by atoms with Crippen LogP contribution in [0, 0.1) is 0 Å². The number of nitrogens with zero attached hydrogens (tertiary/aromatic N) is 1. The Balaban J connectivity index is 2.65. The molecule has 2 unspecified atom stereocenters. The topological polar surface area (TPSA) is 89.9 Å². The maximum atomic E-state index is 12.5. The van der Waals surface area contributed by atoms with Crippen molar-refractivity contribution in [3.05, 3.63) is 57.4 Å². The summed E-state index contributed by atoms with van der Waals surface area (Å²) in [7, 11) is 0. The van der Waals surface area contributed by atoms with Gasteiger partial charge in [-0.3, -0.25) is 9.59 Å². The molecule has 0 spiro atoms. The van der Waals surface area contributed by atoms with Crippen LogP contribution in [0.5, 0.6) is 0 Å². The van der Waals surface area contributed by atoms with Crippen LogP contribution in [0.1, 0.15) is 66.7 Å². The lowest BCUT2D eigenvalue weighted by Crippen LogP contribution is -2.51. The molecule has 1 aliphatic rings. The van der Waals surface area contributed by atoms with Crippen LogP contribution in [-0.4, -0.2) is 58.8 Å². The van der Waals surface area contributed by atoms with E-state index in [0.717, 1.165) is 37.0 Å². The van der Waals surface area contributed by atoms with E-state index < -0.39 is 24.0 Å². The lowest BCUT2D eigenvalue weighted by molar-refractivity contribution is -0.153. The SMILES string of the molecule is C/C=C(/CNC(=O)C(O)C(O)C(=O)N(CCC)CCC)S/C=C(\C)CC1=C(CC)CC=CC=C1. The molecule has 190 valence electrons. The van der Waals surface area contributed by atoms with E-state index in [1.54, 1.807) is 0 Å². The average molecular weight is 491 g/mol. The van der Waals surface area contributed by atoms with Crippen LogP contribution < -0.4 is 5.32 Å². The van der Waals surface area contributed by atoms with Crippen molar-refractivity contribution in [3.8, 4) is 0 Å². The van der Waals surface area contributed by atoms with Crippen molar-refractivity contribution < 1.29 is 19.8 Å². The Hall–Kier alpha value is -2.09. The summed E-state index contributed by atoms with van der Waals surface area (Å²) < 4.78 is 0. The molecule has 34 heavy (non-hydrogen) atoms. The van der Waals surface area contributed by atoms with E-state index in [1.165, 1.54) is 33.4 Å². The lowest BCUT2D eigenvalue weighted by atomic mass is 9.98. The van der Waals surface area contributed by atoms with Crippen molar-refractivity contribution in [3.63, 3.8) is 0 Å². The second kappa shape index (κ2) is 16.5. The highest BCUT2D eigenvalue weighted by Crippen LogP contribution is 2.26. The normalized spacial score (nSPS) is 16.3. The first-order valence-electron chi connectivity index (χ1n) is 12.2. The summed E-state index contributed by atoms with van der Waals surface area (Å²) in [6, 6.07) is 0. The molecule has 0 bridgehead atoms. The molecule has 0 aliphatic heterocycles. The fourth-order valence-corrected chi connectivity index (χ4v) is 4.34. The van der Waals surface area contributed by atoms with Crippen molar-refractivity contribution in [2.75, 3.05) is 19.6 Å². The second-order valence-corrected chi connectivity index (χ2v) is 9.42. The molecule has 0 fully saturated rings. The van der Waals surface area contributed by atoms with Crippen molar-refractivity contribution >= 4 is 23.6 Å². The van der Waals surface area contributed by atoms with Gasteiger partial charge >= 0.3 is 0 Å². The van der Waals surface area contributed by atoms with Gasteiger partial charge < -0.3 is 20.4 Å². The maximum Gasteiger partial charge on any atom is 0.254 e. The number of thioether (sulfide) groups is 1. The van der Waals surface area contributed by atoms with Crippen molar-refractivity contribution in [2.45, 2.75) is 78.9 Å². The Morgan fingerprint density at radius 1 is 1.15 bits per heavy atom. The van der Waals surface area contributed by atoms with E-state index in [-0.39, 0.29) is 6.54 Å². The number of allylic oxidation sites excluding steroid dienone is 8. The van der Waals surface area contributed by atoms with Crippen molar-refractivity contribution in [2.24, 2.45) is 0 Å². The molecule has 7 heteroatoms. The third kappa shape index (κ3) is 10.0. The predicted octanol–water partition coefficient (Wildman–Crippen LogP) is 4.63. The molecule has 1 aliphatic carbocycles. The van der Waals surface area contributed by atoms with Gasteiger partial charge in [0, 0.05) is 24.5 Å². The van der Waals surface area contributed by atoms with Crippen LogP contribution in [0.4, 0.5) is 0 Å². The van der Waals surface area contributed by atoms with E-state index in [0.29, 0.717) is 13.1 Å². The maximum absolute atomic E-state index is 12.5. The third-order valence-corrected chi connectivity index (χ3v) is 6.75. The van der Waals surface area contributed by atoms with E-state index in [9.17, 15) is 19.8 Å². The predicted molar refractivity (Wildman–Crippen MR) is 142 cm³/mol. The van der Waals surface area contributed by atoms with Gasteiger partial charge in [0.25, 0.3) is 11.8 Å². The number of aliphatic hydroxyl groups is 2. The number of amides is 2. The van der Waals surface area contributed by atoms with Crippen molar-refractivity contribution in [1.29, 1.82) is 0 Å². The van der Waals surface area contributed by atoms with E-state index >= 15 is 0 Å². The molecule has 2 amide bonds. The van der Waals surface area contributed by atoms with Gasteiger partial charge in [-0.1, -0.05) is 62.3 Å². The van der Waals surface area contributed by atoms with Crippen LogP contribution in [0.25, 0.3) is 0 Å². The van der Waals surface area contributed by atoms with Crippen molar-refractivity contribution in [1.82, 2.24) is 10.2 Å². The van der Waals surface area contributed by atoms with E-state index in [4.69, 9.17) is 0 Å². The molecular weight excluding hydrogens is 448 g/mol. The van der Waals surface area contributed by atoms with Crippen LogP contribution in [0.3, 0.4) is 0 Å². The fourth-order valence-electron chi connectivity index (χ4n) is 3.61. The highest BCUT2D eigenvalue weighted by Gasteiger charge is 2.32. The summed E-state index contributed by atoms with van der Waals surface area (Å²) >= 11 is 1.52. The summed E-state index contributed by atoms with van der Waals surface area (Å²) in [5.41, 5.74) is 4.01. The van der Waals surface area contributed by atoms with Crippen LogP contribution in [0.2, 0.25) is 0 Å². The lowest BCUT2D eigenvalue weighted by Gasteiger charge is -2.26. The Morgan fingerprint density at radius 3 is 2.41 bits per heavy atom. The van der Waals surface area contributed by atoms with Crippen LogP contribution in [-0.2, 0) is 9.59 Å². The number of hydrogen-bond acceptors (Lipinski definition) is 5. The number of aliphatic hydroxyl groups excluding tert-OH is 2. The number of carbonyl (C=O) groups is 2. The van der Waals surface area contributed by atoms with Gasteiger partial charge in [0.15, 0.2) is 12.2 Å². The second-order valence-electron chi connectivity index (χ2n) is 8.42. The Labute approximate surface area is 209 Å².